The number of nitrogens with zero attached hydrogens (tertiary/aromatic N) is 3. The van der Waals surface area contributed by atoms with Crippen LogP contribution in [-0.2, 0) is 13.0 Å². The highest BCUT2D eigenvalue weighted by atomic mass is 35.5. The number of aromatic nitrogens is 3. The Morgan fingerprint density at radius 3 is 3.00 bits per heavy atom. The predicted octanol–water partition coefficient (Wildman–Crippen LogP) is 3.81. The normalized spacial score (nSPS) is 19.6. The molecule has 2 aromatic rings. The van der Waals surface area contributed by atoms with Crippen LogP contribution >= 0.6 is 23.4 Å². The van der Waals surface area contributed by atoms with E-state index in [2.05, 4.69) is 22.4 Å². The van der Waals surface area contributed by atoms with Crippen LogP contribution in [0.4, 0.5) is 0 Å². The second-order valence-corrected chi connectivity index (χ2v) is 7.15. The van der Waals surface area contributed by atoms with Gasteiger partial charge in [0.1, 0.15) is 11.3 Å². The largest absolute Gasteiger partial charge is 0.312 e. The van der Waals surface area contributed by atoms with Crippen molar-refractivity contribution in [2.45, 2.75) is 44.4 Å². The number of fused-ring (bicyclic) bond motifs is 1. The quantitative estimate of drug-likeness (QED) is 0.805. The van der Waals surface area contributed by atoms with Gasteiger partial charge in [-0.15, -0.1) is 11.6 Å². The summed E-state index contributed by atoms with van der Waals surface area (Å²) in [6.07, 6.45) is 4.82. The lowest BCUT2D eigenvalue weighted by molar-refractivity contribution is 0.575. The fraction of sp³-hybridized carbons (Fsp3) is 0.600. The van der Waals surface area contributed by atoms with Gasteiger partial charge in [-0.2, -0.15) is 11.8 Å². The van der Waals surface area contributed by atoms with E-state index < -0.39 is 0 Å². The van der Waals surface area contributed by atoms with E-state index in [0.29, 0.717) is 11.1 Å². The summed E-state index contributed by atoms with van der Waals surface area (Å²) < 4.78 is 2.30. The fourth-order valence-corrected chi connectivity index (χ4v) is 4.23. The van der Waals surface area contributed by atoms with Gasteiger partial charge in [0.2, 0.25) is 0 Å². The molecule has 1 saturated heterocycles. The molecule has 0 amide bonds. The van der Waals surface area contributed by atoms with E-state index >= 15 is 0 Å². The van der Waals surface area contributed by atoms with Gasteiger partial charge in [0.15, 0.2) is 5.65 Å². The molecule has 3 heterocycles. The van der Waals surface area contributed by atoms with Crippen LogP contribution in [-0.4, -0.2) is 31.4 Å². The Morgan fingerprint density at radius 1 is 1.35 bits per heavy atom. The van der Waals surface area contributed by atoms with Crippen molar-refractivity contribution in [2.24, 2.45) is 0 Å². The van der Waals surface area contributed by atoms with Crippen molar-refractivity contribution in [2.75, 3.05) is 11.6 Å². The van der Waals surface area contributed by atoms with Crippen molar-refractivity contribution >= 4 is 34.5 Å². The van der Waals surface area contributed by atoms with Crippen molar-refractivity contribution in [1.29, 1.82) is 0 Å². The van der Waals surface area contributed by atoms with Gasteiger partial charge >= 0.3 is 0 Å². The number of thioether (sulfide) groups is 1. The molecule has 0 N–H and O–H groups in total. The van der Waals surface area contributed by atoms with E-state index in [9.17, 15) is 0 Å². The topological polar surface area (TPSA) is 30.7 Å². The molecule has 1 unspecified atom stereocenters. The summed E-state index contributed by atoms with van der Waals surface area (Å²) in [7, 11) is 0. The monoisotopic (exact) mass is 309 g/mol. The highest BCUT2D eigenvalue weighted by Gasteiger charge is 2.19. The zero-order valence-electron chi connectivity index (χ0n) is 11.8. The summed E-state index contributed by atoms with van der Waals surface area (Å²) in [5.41, 5.74) is 3.07. The molecule has 0 spiro atoms. The maximum Gasteiger partial charge on any atom is 0.160 e. The zero-order valence-corrected chi connectivity index (χ0v) is 13.4. The standard InChI is InChI=1S/C15H20ClN3S/c1-11-5-6-13-15(17-11)19(14(18-13)7-8-16)10-12-4-2-3-9-20-12/h5-6,12H,2-4,7-10H2,1H3. The van der Waals surface area contributed by atoms with Gasteiger partial charge in [-0.25, -0.2) is 9.97 Å². The number of hydrogen-bond donors (Lipinski definition) is 0. The average Bonchev–Trinajstić information content (AvgIpc) is 2.78. The molecule has 20 heavy (non-hydrogen) atoms. The first-order valence-corrected chi connectivity index (χ1v) is 8.86. The molecule has 1 aliphatic heterocycles. The Labute approximate surface area is 129 Å². The fourth-order valence-electron chi connectivity index (χ4n) is 2.77. The molecule has 1 fully saturated rings. The van der Waals surface area contributed by atoms with Crippen LogP contribution < -0.4 is 0 Å². The molecule has 3 rings (SSSR count). The summed E-state index contributed by atoms with van der Waals surface area (Å²) in [4.78, 5) is 9.41. The number of hydrogen-bond acceptors (Lipinski definition) is 3. The lowest BCUT2D eigenvalue weighted by Crippen LogP contribution is -2.19. The molecule has 0 saturated carbocycles. The van der Waals surface area contributed by atoms with E-state index in [1.54, 1.807) is 0 Å². The van der Waals surface area contributed by atoms with E-state index in [-0.39, 0.29) is 0 Å². The van der Waals surface area contributed by atoms with E-state index in [1.807, 2.05) is 13.0 Å². The highest BCUT2D eigenvalue weighted by molar-refractivity contribution is 7.99. The molecule has 1 aliphatic rings. The second-order valence-electron chi connectivity index (χ2n) is 5.36. The average molecular weight is 310 g/mol. The maximum absolute atomic E-state index is 5.93. The maximum atomic E-state index is 5.93. The molecule has 0 radical (unpaired) electrons. The highest BCUT2D eigenvalue weighted by Crippen LogP contribution is 2.28. The first-order chi connectivity index (χ1) is 9.78. The molecule has 0 aromatic carbocycles. The van der Waals surface area contributed by atoms with Crippen LogP contribution in [0.25, 0.3) is 11.2 Å². The molecule has 0 bridgehead atoms. The minimum atomic E-state index is 0.611. The van der Waals surface area contributed by atoms with Crippen molar-refractivity contribution < 1.29 is 0 Å². The number of alkyl halides is 1. The van der Waals surface area contributed by atoms with E-state index in [1.165, 1.54) is 25.0 Å². The van der Waals surface area contributed by atoms with Gasteiger partial charge in [-0.05, 0) is 37.7 Å². The minimum absolute atomic E-state index is 0.611. The van der Waals surface area contributed by atoms with Crippen LogP contribution in [0.3, 0.4) is 0 Å². The van der Waals surface area contributed by atoms with E-state index in [0.717, 1.165) is 35.6 Å². The number of halogens is 1. The van der Waals surface area contributed by atoms with Crippen LogP contribution in [0.15, 0.2) is 12.1 Å². The number of imidazole rings is 1. The molecule has 108 valence electrons. The summed E-state index contributed by atoms with van der Waals surface area (Å²) in [5, 5.41) is 0.692. The lowest BCUT2D eigenvalue weighted by Gasteiger charge is -2.22. The predicted molar refractivity (Wildman–Crippen MR) is 86.8 cm³/mol. The Hall–Kier alpha value is -0.740. The minimum Gasteiger partial charge on any atom is -0.312 e. The first kappa shape index (κ1) is 14.2. The number of aryl methyl sites for hydroxylation is 2. The number of rotatable bonds is 4. The van der Waals surface area contributed by atoms with Crippen molar-refractivity contribution in [3.63, 3.8) is 0 Å². The van der Waals surface area contributed by atoms with Gasteiger partial charge in [-0.1, -0.05) is 6.42 Å². The first-order valence-electron chi connectivity index (χ1n) is 7.28. The van der Waals surface area contributed by atoms with E-state index in [4.69, 9.17) is 21.6 Å². The smallest absolute Gasteiger partial charge is 0.160 e. The Bertz CT molecular complexity index is 590. The summed E-state index contributed by atoms with van der Waals surface area (Å²) in [5.74, 6) is 2.98. The summed E-state index contributed by atoms with van der Waals surface area (Å²) >= 11 is 8.02. The second kappa shape index (κ2) is 6.35. The summed E-state index contributed by atoms with van der Waals surface area (Å²) in [6.45, 7) is 3.05. The van der Waals surface area contributed by atoms with Crippen LogP contribution in [0, 0.1) is 6.92 Å². The van der Waals surface area contributed by atoms with Gasteiger partial charge in [0.05, 0.1) is 0 Å². The van der Waals surface area contributed by atoms with Crippen LogP contribution in [0.1, 0.15) is 30.8 Å². The zero-order chi connectivity index (χ0) is 13.9. The SMILES string of the molecule is Cc1ccc2nc(CCCl)n(CC3CCCCS3)c2n1. The van der Waals surface area contributed by atoms with Gasteiger partial charge in [-0.3, -0.25) is 0 Å². The Morgan fingerprint density at radius 2 is 2.25 bits per heavy atom. The molecule has 3 nitrogen and oxygen atoms in total. The van der Waals surface area contributed by atoms with Gasteiger partial charge < -0.3 is 4.57 Å². The third kappa shape index (κ3) is 2.96. The third-order valence-corrected chi connectivity index (χ3v) is 5.36. The van der Waals surface area contributed by atoms with Crippen molar-refractivity contribution in [3.05, 3.63) is 23.7 Å². The molecule has 0 aliphatic carbocycles. The van der Waals surface area contributed by atoms with Gasteiger partial charge in [0.25, 0.3) is 0 Å². The molecule has 5 heteroatoms. The Kier molecular flexibility index (Phi) is 4.51. The molecule has 2 aromatic heterocycles. The lowest BCUT2D eigenvalue weighted by atomic mass is 10.2. The number of pyridine rings is 1. The van der Waals surface area contributed by atoms with Crippen LogP contribution in [0.5, 0.6) is 0 Å². The van der Waals surface area contributed by atoms with Gasteiger partial charge in [0, 0.05) is 29.8 Å². The molecular weight excluding hydrogens is 290 g/mol. The van der Waals surface area contributed by atoms with Crippen molar-refractivity contribution in [3.8, 4) is 0 Å². The Balaban J connectivity index is 1.96. The molecular formula is C15H20ClN3S. The molecule has 1 atom stereocenters. The van der Waals surface area contributed by atoms with Crippen LogP contribution in [0.2, 0.25) is 0 Å². The third-order valence-electron chi connectivity index (χ3n) is 3.79. The summed E-state index contributed by atoms with van der Waals surface area (Å²) in [6, 6.07) is 4.10. The van der Waals surface area contributed by atoms with Crippen molar-refractivity contribution in [1.82, 2.24) is 14.5 Å².